The highest BCUT2D eigenvalue weighted by molar-refractivity contribution is 5.99. The van der Waals surface area contributed by atoms with Crippen molar-refractivity contribution < 1.29 is 9.53 Å². The minimum Gasteiger partial charge on any atom is -0.457 e. The third kappa shape index (κ3) is 5.52. The molecule has 9 nitrogen and oxygen atoms in total. The summed E-state index contributed by atoms with van der Waals surface area (Å²) in [4.78, 5) is 23.8. The molecule has 1 fully saturated rings. The number of hydrogen-bond acceptors (Lipinski definition) is 7. The Morgan fingerprint density at radius 2 is 1.93 bits per heavy atom. The molecule has 0 radical (unpaired) electrons. The highest BCUT2D eigenvalue weighted by Crippen LogP contribution is 2.37. The Labute approximate surface area is 233 Å². The number of anilines is 1. The van der Waals surface area contributed by atoms with Crippen LogP contribution in [0.5, 0.6) is 11.5 Å². The van der Waals surface area contributed by atoms with E-state index in [9.17, 15) is 10.1 Å². The van der Waals surface area contributed by atoms with Crippen molar-refractivity contribution in [3.8, 4) is 28.8 Å². The van der Waals surface area contributed by atoms with E-state index >= 15 is 0 Å². The van der Waals surface area contributed by atoms with Crippen molar-refractivity contribution in [2.75, 3.05) is 18.8 Å². The molecule has 1 atom stereocenters. The molecule has 1 aliphatic rings. The topological polar surface area (TPSA) is 123 Å². The van der Waals surface area contributed by atoms with Gasteiger partial charge in [-0.15, -0.1) is 0 Å². The molecule has 204 valence electrons. The number of rotatable bonds is 5. The van der Waals surface area contributed by atoms with Crippen LogP contribution in [0.15, 0.2) is 66.5 Å². The van der Waals surface area contributed by atoms with Crippen LogP contribution < -0.4 is 10.5 Å². The number of nitrogen functional groups attached to an aromatic ring is 1. The number of nitrogens with zero attached hydrogens (tertiary/aromatic N) is 6. The monoisotopic (exact) mass is 535 g/mol. The molecular formula is C31H33N7O2. The molecule has 0 spiro atoms. The van der Waals surface area contributed by atoms with Crippen molar-refractivity contribution in [2.45, 2.75) is 46.6 Å². The number of fused-ring (bicyclic) bond motifs is 1. The first-order valence-electron chi connectivity index (χ1n) is 13.4. The number of likely N-dealkylation sites (tertiary alicyclic amines) is 1. The molecular weight excluding hydrogens is 502 g/mol. The lowest BCUT2D eigenvalue weighted by Gasteiger charge is -2.33. The minimum absolute atomic E-state index is 0.126. The van der Waals surface area contributed by atoms with Gasteiger partial charge in [0.25, 0.3) is 5.91 Å². The Hall–Kier alpha value is -4.71. The van der Waals surface area contributed by atoms with E-state index < -0.39 is 0 Å². The fourth-order valence-electron chi connectivity index (χ4n) is 5.11. The van der Waals surface area contributed by atoms with Crippen molar-refractivity contribution >= 4 is 22.8 Å². The predicted octanol–water partition coefficient (Wildman–Crippen LogP) is 5.84. The molecule has 1 saturated heterocycles. The van der Waals surface area contributed by atoms with Gasteiger partial charge < -0.3 is 15.4 Å². The molecule has 5 rings (SSSR count). The zero-order valence-corrected chi connectivity index (χ0v) is 23.3. The average molecular weight is 536 g/mol. The Kier molecular flexibility index (Phi) is 7.26. The summed E-state index contributed by atoms with van der Waals surface area (Å²) >= 11 is 0. The number of nitrogens with two attached hydrogens (primary N) is 1. The van der Waals surface area contributed by atoms with Crippen LogP contribution >= 0.6 is 0 Å². The first-order valence-corrected chi connectivity index (χ1v) is 13.4. The summed E-state index contributed by atoms with van der Waals surface area (Å²) in [7, 11) is 0. The first kappa shape index (κ1) is 26.9. The van der Waals surface area contributed by atoms with Crippen LogP contribution in [0.4, 0.5) is 5.82 Å². The van der Waals surface area contributed by atoms with Gasteiger partial charge in [-0.1, -0.05) is 45.0 Å². The lowest BCUT2D eigenvalue weighted by Crippen LogP contribution is -2.41. The maximum atomic E-state index is 13.3. The maximum absolute atomic E-state index is 13.3. The van der Waals surface area contributed by atoms with Gasteiger partial charge in [0, 0.05) is 18.7 Å². The van der Waals surface area contributed by atoms with Gasteiger partial charge in [0.15, 0.2) is 5.65 Å². The molecule has 3 heterocycles. The number of carbonyl (C=O) groups excluding carboxylic acids is 1. The molecule has 0 saturated carbocycles. The lowest BCUT2D eigenvalue weighted by molar-refractivity contribution is -0.128. The first-order chi connectivity index (χ1) is 19.1. The van der Waals surface area contributed by atoms with Gasteiger partial charge in [0.1, 0.15) is 41.0 Å². The van der Waals surface area contributed by atoms with Crippen LogP contribution in [0.3, 0.4) is 0 Å². The number of ether oxygens (including phenoxy) is 1. The number of para-hydroxylation sites is 1. The largest absolute Gasteiger partial charge is 0.457 e. The SMILES string of the molecule is Cc1cc(Oc2ccccc2)ccc1-c1nn([C@@H]2CCCN(C(=O)/C(C#N)=C/C(C)(C)C)C2)c2ncnc(N)c12. The second kappa shape index (κ2) is 10.8. The number of piperidine rings is 1. The summed E-state index contributed by atoms with van der Waals surface area (Å²) < 4.78 is 7.89. The van der Waals surface area contributed by atoms with Gasteiger partial charge in [-0.2, -0.15) is 10.4 Å². The second-order valence-electron chi connectivity index (χ2n) is 11.2. The number of hydrogen-bond donors (Lipinski definition) is 1. The minimum atomic E-state index is -0.281. The molecule has 0 aliphatic carbocycles. The van der Waals surface area contributed by atoms with E-state index in [0.29, 0.717) is 35.6 Å². The van der Waals surface area contributed by atoms with Gasteiger partial charge >= 0.3 is 0 Å². The summed E-state index contributed by atoms with van der Waals surface area (Å²) in [5, 5.41) is 15.4. The molecule has 2 N–H and O–H groups in total. The van der Waals surface area contributed by atoms with Crippen LogP contribution in [0, 0.1) is 23.7 Å². The van der Waals surface area contributed by atoms with Gasteiger partial charge in [-0.25, -0.2) is 14.6 Å². The van der Waals surface area contributed by atoms with Crippen LogP contribution in [0.2, 0.25) is 0 Å². The molecule has 0 unspecified atom stereocenters. The maximum Gasteiger partial charge on any atom is 0.264 e. The Morgan fingerprint density at radius 1 is 1.15 bits per heavy atom. The van der Waals surface area contributed by atoms with E-state index in [1.54, 1.807) is 11.0 Å². The second-order valence-corrected chi connectivity index (χ2v) is 11.2. The number of amides is 1. The zero-order valence-electron chi connectivity index (χ0n) is 23.3. The highest BCUT2D eigenvalue weighted by atomic mass is 16.5. The summed E-state index contributed by atoms with van der Waals surface area (Å²) in [6.07, 6.45) is 4.78. The number of aromatic nitrogens is 4. The smallest absolute Gasteiger partial charge is 0.264 e. The van der Waals surface area contributed by atoms with Crippen molar-refractivity contribution in [1.82, 2.24) is 24.6 Å². The quantitative estimate of drug-likeness (QED) is 0.252. The number of benzene rings is 2. The summed E-state index contributed by atoms with van der Waals surface area (Å²) in [6.45, 7) is 8.93. The summed E-state index contributed by atoms with van der Waals surface area (Å²) in [5.74, 6) is 1.57. The normalized spacial score (nSPS) is 16.1. The number of aryl methyl sites for hydroxylation is 1. The molecule has 2 aromatic carbocycles. The number of allylic oxidation sites excluding steroid dienone is 1. The molecule has 0 bridgehead atoms. The fourth-order valence-corrected chi connectivity index (χ4v) is 5.11. The third-order valence-corrected chi connectivity index (χ3v) is 6.91. The van der Waals surface area contributed by atoms with E-state index in [1.807, 2.05) is 80.9 Å². The molecule has 1 amide bonds. The standard InChI is InChI=1S/C31H33N7O2/c1-20-15-24(40-23-10-6-5-7-11-23)12-13-25(20)27-26-28(33)34-19-35-29(26)38(36-27)22-9-8-14-37(18-22)30(39)21(17-32)16-31(2,3)4/h5-7,10-13,15-16,19,22H,8-9,14,18H2,1-4H3,(H2,33,34,35)/b21-16+/t22-/m1/s1. The molecule has 2 aromatic heterocycles. The van der Waals surface area contributed by atoms with E-state index in [-0.39, 0.29) is 22.9 Å². The molecule has 4 aromatic rings. The van der Waals surface area contributed by atoms with Gasteiger partial charge in [-0.3, -0.25) is 4.79 Å². The third-order valence-electron chi connectivity index (χ3n) is 6.91. The number of carbonyl (C=O) groups is 1. The summed E-state index contributed by atoms with van der Waals surface area (Å²) in [6, 6.07) is 17.5. The Balaban J connectivity index is 1.49. The Bertz CT molecular complexity index is 1630. The fraction of sp³-hybridized carbons (Fsp3) is 0.323. The average Bonchev–Trinajstić information content (AvgIpc) is 3.32. The van der Waals surface area contributed by atoms with Crippen LogP contribution in [-0.4, -0.2) is 43.6 Å². The summed E-state index contributed by atoms with van der Waals surface area (Å²) in [5.41, 5.74) is 9.43. The highest BCUT2D eigenvalue weighted by Gasteiger charge is 2.30. The molecule has 40 heavy (non-hydrogen) atoms. The molecule has 1 aliphatic heterocycles. The van der Waals surface area contributed by atoms with E-state index in [0.717, 1.165) is 35.5 Å². The zero-order chi connectivity index (χ0) is 28.4. The Morgan fingerprint density at radius 3 is 2.62 bits per heavy atom. The molecule has 9 heteroatoms. The number of nitriles is 1. The van der Waals surface area contributed by atoms with E-state index in [2.05, 4.69) is 16.0 Å². The van der Waals surface area contributed by atoms with Gasteiger partial charge in [0.05, 0.1) is 11.4 Å². The van der Waals surface area contributed by atoms with E-state index in [4.69, 9.17) is 15.6 Å². The van der Waals surface area contributed by atoms with Crippen LogP contribution in [0.25, 0.3) is 22.3 Å². The van der Waals surface area contributed by atoms with Crippen molar-refractivity contribution in [2.24, 2.45) is 5.41 Å². The van der Waals surface area contributed by atoms with Crippen molar-refractivity contribution in [3.63, 3.8) is 0 Å². The van der Waals surface area contributed by atoms with Gasteiger partial charge in [-0.05, 0) is 61.1 Å². The van der Waals surface area contributed by atoms with E-state index in [1.165, 1.54) is 6.33 Å². The van der Waals surface area contributed by atoms with Crippen LogP contribution in [-0.2, 0) is 4.79 Å². The lowest BCUT2D eigenvalue weighted by atomic mass is 9.93. The van der Waals surface area contributed by atoms with Crippen molar-refractivity contribution in [1.29, 1.82) is 5.26 Å². The van der Waals surface area contributed by atoms with Crippen LogP contribution in [0.1, 0.15) is 45.2 Å². The predicted molar refractivity (Wildman–Crippen MR) is 154 cm³/mol. The van der Waals surface area contributed by atoms with Crippen molar-refractivity contribution in [3.05, 3.63) is 72.1 Å². The van der Waals surface area contributed by atoms with Gasteiger partial charge in [0.2, 0.25) is 0 Å².